The molecule has 0 bridgehead atoms. The van der Waals surface area contributed by atoms with Crippen LogP contribution in [0.5, 0.6) is 0 Å². The lowest BCUT2D eigenvalue weighted by Crippen LogP contribution is -2.03. The Labute approximate surface area is 229 Å². The topological polar surface area (TPSA) is 56.9 Å². The van der Waals surface area contributed by atoms with Gasteiger partial charge in [0.25, 0.3) is 0 Å². The molecule has 1 aliphatic carbocycles. The van der Waals surface area contributed by atoms with Crippen molar-refractivity contribution in [3.05, 3.63) is 110 Å². The van der Waals surface area contributed by atoms with Crippen molar-refractivity contribution < 1.29 is 9.59 Å². The molecule has 0 spiro atoms. The Bertz CT molecular complexity index is 1790. The minimum atomic E-state index is -0.368. The minimum absolute atomic E-state index is 0.0729. The largest absolute Gasteiger partial charge is 0.326 e. The molecule has 188 valence electrons. The molecule has 0 saturated carbocycles. The van der Waals surface area contributed by atoms with Crippen molar-refractivity contribution in [1.82, 2.24) is 14.1 Å². The number of aromatic nitrogens is 3. The van der Waals surface area contributed by atoms with Crippen LogP contribution in [0.25, 0.3) is 34.3 Å². The third-order valence-electron chi connectivity index (χ3n) is 7.12. The highest BCUT2D eigenvalue weighted by Crippen LogP contribution is 2.37. The molecule has 0 radical (unpaired) electrons. The molecule has 0 fully saturated rings. The number of nitrogens with zero attached hydrogens (tertiary/aromatic N) is 3. The Kier molecular flexibility index (Phi) is 5.67. The summed E-state index contributed by atoms with van der Waals surface area (Å²) in [6.07, 6.45) is 1.64. The zero-order valence-electron chi connectivity index (χ0n) is 21.3. The van der Waals surface area contributed by atoms with E-state index in [0.29, 0.717) is 5.69 Å². The number of hydrogen-bond donors (Lipinski definition) is 0. The molecule has 2 heterocycles. The lowest BCUT2D eigenvalue weighted by atomic mass is 9.99. The van der Waals surface area contributed by atoms with Gasteiger partial charge in [-0.2, -0.15) is 0 Å². The van der Waals surface area contributed by atoms with E-state index in [1.165, 1.54) is 17.7 Å². The summed E-state index contributed by atoms with van der Waals surface area (Å²) < 4.78 is 4.04. The van der Waals surface area contributed by atoms with Gasteiger partial charge in [0.1, 0.15) is 5.82 Å². The third-order valence-corrected chi connectivity index (χ3v) is 7.84. The van der Waals surface area contributed by atoms with Crippen LogP contribution in [0.15, 0.2) is 66.2 Å². The van der Waals surface area contributed by atoms with Gasteiger partial charge >= 0.3 is 0 Å². The molecule has 1 aliphatic rings. The Morgan fingerprint density at radius 1 is 0.816 bits per heavy atom. The maximum Gasteiger partial charge on any atom is 0.197 e. The lowest BCUT2D eigenvalue weighted by Gasteiger charge is -2.12. The summed E-state index contributed by atoms with van der Waals surface area (Å²) in [4.78, 5) is 31.6. The van der Waals surface area contributed by atoms with Gasteiger partial charge in [-0.05, 0) is 68.3 Å². The fraction of sp³-hybridized carbons (Fsp3) is 0.129. The number of halogens is 2. The van der Waals surface area contributed by atoms with E-state index in [2.05, 4.69) is 37.5 Å². The highest BCUT2D eigenvalue weighted by atomic mass is 35.5. The average Bonchev–Trinajstić information content (AvgIpc) is 3.45. The number of benzene rings is 3. The molecular weight excluding hydrogens is 517 g/mol. The summed E-state index contributed by atoms with van der Waals surface area (Å²) in [6.45, 7) is 6.29. The van der Waals surface area contributed by atoms with Crippen molar-refractivity contribution in [3.8, 4) is 17.1 Å². The molecule has 5 nitrogen and oxygen atoms in total. The van der Waals surface area contributed by atoms with Gasteiger partial charge in [0.15, 0.2) is 17.2 Å². The van der Waals surface area contributed by atoms with Crippen molar-refractivity contribution in [2.24, 2.45) is 7.05 Å². The van der Waals surface area contributed by atoms with E-state index in [1.54, 1.807) is 6.08 Å². The molecular formula is C31H23Cl2N3O2. The first kappa shape index (κ1) is 24.4. The number of fused-ring (bicyclic) bond motifs is 2. The van der Waals surface area contributed by atoms with Crippen molar-refractivity contribution in [2.75, 3.05) is 0 Å². The number of imidazole rings is 1. The fourth-order valence-corrected chi connectivity index (χ4v) is 5.78. The fourth-order valence-electron chi connectivity index (χ4n) is 5.46. The average molecular weight is 540 g/mol. The predicted molar refractivity (Wildman–Crippen MR) is 153 cm³/mol. The van der Waals surface area contributed by atoms with Gasteiger partial charge in [0.2, 0.25) is 0 Å². The van der Waals surface area contributed by atoms with Gasteiger partial charge < -0.3 is 4.57 Å². The number of rotatable bonds is 3. The number of para-hydroxylation sites is 1. The van der Waals surface area contributed by atoms with E-state index in [4.69, 9.17) is 28.2 Å². The molecule has 6 rings (SSSR count). The summed E-state index contributed by atoms with van der Waals surface area (Å²) in [5.41, 5.74) is 8.40. The standard InChI is InChI=1S/C31H23Cl2N3O2/c1-16-10-17(2)27(18(3)11-16)31-34-30-26(35(31)4)13-20(36(30)19-8-6-5-7-9-19)12-23-28(37)21-14-24(32)25(33)15-22(21)29(23)38/h5-15H,1-4H3. The first-order valence-electron chi connectivity index (χ1n) is 12.2. The number of carbonyl (C=O) groups is 2. The second-order valence-electron chi connectivity index (χ2n) is 9.75. The number of hydrogen-bond acceptors (Lipinski definition) is 3. The Hall–Kier alpha value is -3.93. The summed E-state index contributed by atoms with van der Waals surface area (Å²) in [6, 6.07) is 19.0. The van der Waals surface area contributed by atoms with E-state index in [-0.39, 0.29) is 38.3 Å². The summed E-state index contributed by atoms with van der Waals surface area (Å²) >= 11 is 12.3. The molecule has 0 amide bonds. The second-order valence-corrected chi connectivity index (χ2v) is 10.6. The Morgan fingerprint density at radius 3 is 1.97 bits per heavy atom. The maximum absolute atomic E-state index is 13.3. The lowest BCUT2D eigenvalue weighted by molar-refractivity contribution is 0.0990. The van der Waals surface area contributed by atoms with Crippen molar-refractivity contribution in [3.63, 3.8) is 0 Å². The molecule has 0 unspecified atom stereocenters. The van der Waals surface area contributed by atoms with Crippen LogP contribution in [0.4, 0.5) is 0 Å². The number of ketones is 2. The van der Waals surface area contributed by atoms with E-state index >= 15 is 0 Å². The molecule has 5 aromatic rings. The monoisotopic (exact) mass is 539 g/mol. The van der Waals surface area contributed by atoms with Crippen LogP contribution < -0.4 is 0 Å². The molecule has 38 heavy (non-hydrogen) atoms. The van der Waals surface area contributed by atoms with Crippen LogP contribution in [-0.4, -0.2) is 25.7 Å². The van der Waals surface area contributed by atoms with E-state index in [0.717, 1.165) is 39.4 Å². The van der Waals surface area contributed by atoms with Crippen LogP contribution in [0.2, 0.25) is 10.0 Å². The molecule has 0 saturated heterocycles. The summed E-state index contributed by atoms with van der Waals surface area (Å²) in [5, 5.41) is 0.481. The molecule has 3 aromatic carbocycles. The number of aryl methyl sites for hydroxylation is 4. The zero-order chi connectivity index (χ0) is 26.9. The molecule has 2 aromatic heterocycles. The predicted octanol–water partition coefficient (Wildman–Crippen LogP) is 7.73. The van der Waals surface area contributed by atoms with Gasteiger partial charge in [-0.1, -0.05) is 59.1 Å². The van der Waals surface area contributed by atoms with Crippen molar-refractivity contribution in [1.29, 1.82) is 0 Å². The summed E-state index contributed by atoms with van der Waals surface area (Å²) in [5.74, 6) is 0.125. The van der Waals surface area contributed by atoms with Crippen LogP contribution >= 0.6 is 23.2 Å². The first-order valence-corrected chi connectivity index (χ1v) is 12.9. The third kappa shape index (κ3) is 3.65. The van der Waals surface area contributed by atoms with Gasteiger partial charge in [0.05, 0.1) is 26.8 Å². The quantitative estimate of drug-likeness (QED) is 0.174. The molecule has 7 heteroatoms. The first-order chi connectivity index (χ1) is 18.2. The van der Waals surface area contributed by atoms with E-state index < -0.39 is 0 Å². The van der Waals surface area contributed by atoms with Crippen LogP contribution in [0.3, 0.4) is 0 Å². The van der Waals surface area contributed by atoms with Crippen LogP contribution in [0.1, 0.15) is 43.1 Å². The molecule has 0 atom stereocenters. The van der Waals surface area contributed by atoms with Gasteiger partial charge in [-0.3, -0.25) is 14.2 Å². The number of Topliss-reactive ketones (excluding diaryl/α,β-unsaturated/α-hetero) is 2. The van der Waals surface area contributed by atoms with Crippen LogP contribution in [-0.2, 0) is 7.05 Å². The highest BCUT2D eigenvalue weighted by molar-refractivity contribution is 6.46. The van der Waals surface area contributed by atoms with Gasteiger partial charge in [-0.15, -0.1) is 0 Å². The second kappa shape index (κ2) is 8.83. The Morgan fingerprint density at radius 2 is 1.39 bits per heavy atom. The molecule has 0 N–H and O–H groups in total. The molecule has 0 aliphatic heterocycles. The van der Waals surface area contributed by atoms with Gasteiger partial charge in [0, 0.05) is 29.4 Å². The number of allylic oxidation sites excluding steroid dienone is 1. The summed E-state index contributed by atoms with van der Waals surface area (Å²) in [7, 11) is 1.99. The normalized spacial score (nSPS) is 13.1. The Balaban J connectivity index is 1.58. The van der Waals surface area contributed by atoms with Crippen molar-refractivity contribution in [2.45, 2.75) is 20.8 Å². The van der Waals surface area contributed by atoms with Gasteiger partial charge in [-0.25, -0.2) is 4.98 Å². The van der Waals surface area contributed by atoms with Crippen molar-refractivity contribution >= 4 is 52.0 Å². The number of carbonyl (C=O) groups excluding carboxylic acids is 2. The highest BCUT2D eigenvalue weighted by Gasteiger charge is 2.34. The van der Waals surface area contributed by atoms with E-state index in [1.807, 2.05) is 48.0 Å². The van der Waals surface area contributed by atoms with E-state index in [9.17, 15) is 9.59 Å². The van der Waals surface area contributed by atoms with Crippen LogP contribution in [0, 0.1) is 20.8 Å². The zero-order valence-corrected chi connectivity index (χ0v) is 22.8. The smallest absolute Gasteiger partial charge is 0.197 e. The minimum Gasteiger partial charge on any atom is -0.326 e. The SMILES string of the molecule is Cc1cc(C)c(-c2nc3c(cc(C=C4C(=O)c5cc(Cl)c(Cl)cc5C4=O)n3-c3ccccc3)n2C)c(C)c1. The maximum atomic E-state index is 13.3.